The van der Waals surface area contributed by atoms with Crippen molar-refractivity contribution in [1.82, 2.24) is 25.1 Å². The van der Waals surface area contributed by atoms with Crippen LogP contribution in [0.3, 0.4) is 0 Å². The summed E-state index contributed by atoms with van der Waals surface area (Å²) in [7, 11) is -3.89. The van der Waals surface area contributed by atoms with Crippen LogP contribution in [-0.2, 0) is 20.6 Å². The maximum Gasteiger partial charge on any atom is 1.00 e. The number of aryl methyl sites for hydroxylation is 1. The van der Waals surface area contributed by atoms with Gasteiger partial charge in [0.15, 0.2) is 5.16 Å². The molecule has 0 fully saturated rings. The Hall–Kier alpha value is -2.21. The second kappa shape index (κ2) is 12.8. The molecular weight excluding hydrogens is 558 g/mol. The summed E-state index contributed by atoms with van der Waals surface area (Å²) in [5, 5.41) is 12.9. The van der Waals surface area contributed by atoms with Crippen LogP contribution in [0.4, 0.5) is 10.8 Å². The van der Waals surface area contributed by atoms with Gasteiger partial charge in [0.25, 0.3) is 10.8 Å². The predicted molar refractivity (Wildman–Crippen MR) is 132 cm³/mol. The first-order chi connectivity index (χ1) is 16.8. The zero-order chi connectivity index (χ0) is 24.8. The van der Waals surface area contributed by atoms with Crippen molar-refractivity contribution >= 4 is 61.6 Å². The van der Waals surface area contributed by atoms with E-state index in [-0.39, 0.29) is 62.0 Å². The third kappa shape index (κ3) is 8.16. The number of rotatable bonds is 10. The van der Waals surface area contributed by atoms with Crippen molar-refractivity contribution in [1.29, 1.82) is 0 Å². The van der Waals surface area contributed by atoms with Gasteiger partial charge in [0.2, 0.25) is 21.8 Å². The summed E-state index contributed by atoms with van der Waals surface area (Å²) in [5.41, 5.74) is 0.784. The van der Waals surface area contributed by atoms with E-state index >= 15 is 0 Å². The molecule has 36 heavy (non-hydrogen) atoms. The molecule has 0 atom stereocenters. The Labute approximate surface area is 239 Å². The van der Waals surface area contributed by atoms with E-state index < -0.39 is 10.0 Å². The van der Waals surface area contributed by atoms with E-state index in [2.05, 4.69) is 35.2 Å². The van der Waals surface area contributed by atoms with Crippen LogP contribution < -0.4 is 40.4 Å². The number of sulfonamides is 1. The van der Waals surface area contributed by atoms with E-state index in [0.29, 0.717) is 28.2 Å². The number of nitrogens with one attached hydrogen (secondary N) is 2. The molecule has 0 saturated heterocycles. The van der Waals surface area contributed by atoms with Crippen LogP contribution in [0.1, 0.15) is 11.6 Å². The zero-order valence-electron chi connectivity index (χ0n) is 18.9. The van der Waals surface area contributed by atoms with Gasteiger partial charge in [-0.3, -0.25) is 9.59 Å². The van der Waals surface area contributed by atoms with Gasteiger partial charge in [0.1, 0.15) is 0 Å². The minimum Gasteiger partial charge on any atom is -0.433 e. The van der Waals surface area contributed by atoms with Gasteiger partial charge in [-0.1, -0.05) is 29.7 Å². The van der Waals surface area contributed by atoms with Gasteiger partial charge in [-0.25, -0.2) is 13.4 Å². The Morgan fingerprint density at radius 2 is 2.00 bits per heavy atom. The number of nitrogens with zero attached hydrogens (tertiary/aromatic N) is 5. The number of aromatic nitrogens is 5. The fraction of sp³-hybridized carbons (Fsp3) is 0.158. The molecule has 0 saturated carbocycles. The van der Waals surface area contributed by atoms with E-state index in [1.165, 1.54) is 48.3 Å². The topological polar surface area (TPSA) is 175 Å². The smallest absolute Gasteiger partial charge is 0.433 e. The van der Waals surface area contributed by atoms with Crippen LogP contribution >= 0.6 is 34.9 Å². The van der Waals surface area contributed by atoms with Crippen molar-refractivity contribution in [2.45, 2.75) is 28.0 Å². The summed E-state index contributed by atoms with van der Waals surface area (Å²) in [4.78, 5) is 34.4. The molecule has 0 spiro atoms. The molecule has 1 amide bonds. The summed E-state index contributed by atoms with van der Waals surface area (Å²) in [5.74, 6) is 0.285. The Bertz CT molecular complexity index is 1470. The molecule has 12 nitrogen and oxygen atoms in total. The number of hydrogen-bond acceptors (Lipinski definition) is 12. The molecule has 2 N–H and O–H groups in total. The molecule has 4 rings (SSSR count). The van der Waals surface area contributed by atoms with Gasteiger partial charge in [-0.05, 0) is 36.6 Å². The van der Waals surface area contributed by atoms with Crippen molar-refractivity contribution in [3.63, 3.8) is 0 Å². The molecule has 1 aromatic carbocycles. The number of carbonyl (C=O) groups is 1. The predicted octanol–water partition coefficient (Wildman–Crippen LogP) is 0.339. The first-order valence-electron chi connectivity index (χ1n) is 9.70. The van der Waals surface area contributed by atoms with Crippen LogP contribution in [0.25, 0.3) is 4.72 Å². The average Bonchev–Trinajstić information content (AvgIpc) is 3.48. The number of carbonyl (C=O) groups excluding carboxylic acids is 1. The fourth-order valence-electron chi connectivity index (χ4n) is 2.56. The molecule has 17 heteroatoms. The zero-order valence-corrected chi connectivity index (χ0v) is 24.1. The number of thioether (sulfide) groups is 2. The number of aromatic amines is 1. The maximum absolute atomic E-state index is 12.3. The third-order valence-corrected chi connectivity index (χ3v) is 7.75. The number of H-pyrrole nitrogens is 1. The summed E-state index contributed by atoms with van der Waals surface area (Å²) in [6.45, 7) is 1.72. The largest absolute Gasteiger partial charge is 1.00 e. The van der Waals surface area contributed by atoms with Crippen molar-refractivity contribution in [3.05, 3.63) is 68.6 Å². The molecule has 182 valence electrons. The van der Waals surface area contributed by atoms with Crippen molar-refractivity contribution in [3.8, 4) is 0 Å². The molecule has 0 radical (unpaired) electrons. The van der Waals surface area contributed by atoms with Crippen LogP contribution in [-0.4, -0.2) is 45.2 Å². The second-order valence-corrected chi connectivity index (χ2v) is 11.1. The number of hydrogen-bond donors (Lipinski definition) is 2. The van der Waals surface area contributed by atoms with Crippen molar-refractivity contribution in [2.24, 2.45) is 0 Å². The van der Waals surface area contributed by atoms with E-state index in [1.807, 2.05) is 0 Å². The van der Waals surface area contributed by atoms with E-state index in [1.54, 1.807) is 12.3 Å². The van der Waals surface area contributed by atoms with Gasteiger partial charge in [-0.2, -0.15) is 11.3 Å². The molecule has 3 heterocycles. The Morgan fingerprint density at radius 1 is 1.22 bits per heavy atom. The Balaban J connectivity index is 0.00000361. The van der Waals surface area contributed by atoms with E-state index in [9.17, 15) is 18.0 Å². The van der Waals surface area contributed by atoms with Gasteiger partial charge in [-0.15, -0.1) is 10.2 Å². The molecule has 3 aromatic heterocycles. The molecule has 0 bridgehead atoms. The van der Waals surface area contributed by atoms with Gasteiger partial charge < -0.3 is 24.4 Å². The van der Waals surface area contributed by atoms with Gasteiger partial charge >= 0.3 is 29.6 Å². The molecule has 0 aliphatic heterocycles. The van der Waals surface area contributed by atoms with Crippen LogP contribution in [0, 0.1) is 6.92 Å². The number of thiazole rings is 1. The molecule has 0 aliphatic carbocycles. The Kier molecular flexibility index (Phi) is 10.1. The van der Waals surface area contributed by atoms with Gasteiger partial charge in [0, 0.05) is 22.6 Å². The number of benzene rings is 1. The van der Waals surface area contributed by atoms with Crippen LogP contribution in [0.2, 0.25) is 0 Å². The van der Waals surface area contributed by atoms with Crippen LogP contribution in [0.15, 0.2) is 66.4 Å². The van der Waals surface area contributed by atoms with Crippen LogP contribution in [0.5, 0.6) is 0 Å². The third-order valence-electron chi connectivity index (χ3n) is 4.01. The molecule has 4 aromatic rings. The van der Waals surface area contributed by atoms with E-state index in [4.69, 9.17) is 4.42 Å². The average molecular weight is 574 g/mol. The maximum atomic E-state index is 12.3. The summed E-state index contributed by atoms with van der Waals surface area (Å²) >= 11 is 3.41. The molecule has 0 aliphatic rings. The van der Waals surface area contributed by atoms with Gasteiger partial charge in [0.05, 0.1) is 16.4 Å². The standard InChI is InChI=1S/C19H17N7O5S4.Na/c1-11-8-14(27)23-18(21-11)33-10-16-24-25-19(31-16)34-9-15(28)22-12-2-4-13(5-3-12)35(29,30)26-17-20-6-7-32-17;/h2-8H,9-10H2,1H3,(H3,20,21,22,23,26,27,28);/q;+1/p-1. The summed E-state index contributed by atoms with van der Waals surface area (Å²) in [6, 6.07) is 7.05. The number of amides is 1. The van der Waals surface area contributed by atoms with Crippen molar-refractivity contribution < 1.29 is 47.2 Å². The minimum absolute atomic E-state index is 0. The summed E-state index contributed by atoms with van der Waals surface area (Å²) < 4.78 is 33.8. The SMILES string of the molecule is Cc1cc(=O)[nH]c(SCc2nnc(SCC(=O)Nc3ccc(S(=O)(=O)[N-]c4nccs4)cc3)o2)n1.[Na+]. The first-order valence-corrected chi connectivity index (χ1v) is 14.0. The van der Waals surface area contributed by atoms with E-state index in [0.717, 1.165) is 23.1 Å². The molecule has 0 unspecified atom stereocenters. The first kappa shape index (κ1) is 28.4. The normalized spacial score (nSPS) is 11.0. The molecular formula is C19H16N7NaO5S4. The monoisotopic (exact) mass is 573 g/mol. The summed E-state index contributed by atoms with van der Waals surface area (Å²) in [6.07, 6.45) is 1.47. The minimum atomic E-state index is -3.89. The quantitative estimate of drug-likeness (QED) is 0.152. The second-order valence-electron chi connectivity index (χ2n) is 6.68. The Morgan fingerprint density at radius 3 is 2.69 bits per heavy atom. The van der Waals surface area contributed by atoms with Crippen molar-refractivity contribution in [2.75, 3.05) is 11.1 Å². The number of anilines is 1. The fourth-order valence-corrected chi connectivity index (χ4v) is 5.56.